The fraction of sp³-hybridized carbons (Fsp3) is 0.130. The number of aromatic nitrogens is 3. The molecule has 6 nitrogen and oxygen atoms in total. The number of nitrogens with one attached hydrogen (secondary N) is 1. The zero-order chi connectivity index (χ0) is 20.9. The molecular weight excluding hydrogens is 400 g/mol. The average Bonchev–Trinajstić information content (AvgIpc) is 3.45. The van der Waals surface area contributed by atoms with Crippen LogP contribution in [0.1, 0.15) is 29.0 Å². The molecule has 2 heterocycles. The van der Waals surface area contributed by atoms with Crippen molar-refractivity contribution in [1.82, 2.24) is 19.7 Å². The molecule has 0 saturated heterocycles. The number of carbonyl (C=O) groups is 1. The summed E-state index contributed by atoms with van der Waals surface area (Å²) in [6.07, 6.45) is 5.54. The molecule has 7 heteroatoms. The van der Waals surface area contributed by atoms with Crippen LogP contribution in [0.25, 0.3) is 5.69 Å². The van der Waals surface area contributed by atoms with Crippen molar-refractivity contribution in [2.45, 2.75) is 19.7 Å². The van der Waals surface area contributed by atoms with Gasteiger partial charge in [0.15, 0.2) is 6.73 Å². The van der Waals surface area contributed by atoms with Gasteiger partial charge in [-0.1, -0.05) is 35.9 Å². The lowest BCUT2D eigenvalue weighted by atomic mass is 10.1. The molecule has 0 bridgehead atoms. The van der Waals surface area contributed by atoms with Gasteiger partial charge in [0.25, 0.3) is 5.91 Å². The molecule has 0 aliphatic carbocycles. The van der Waals surface area contributed by atoms with Crippen LogP contribution in [0.2, 0.25) is 5.02 Å². The van der Waals surface area contributed by atoms with E-state index in [1.165, 1.54) is 4.68 Å². The maximum absolute atomic E-state index is 12.8. The minimum absolute atomic E-state index is 0.0803. The van der Waals surface area contributed by atoms with Crippen molar-refractivity contribution in [3.05, 3.63) is 102 Å². The van der Waals surface area contributed by atoms with E-state index in [1.807, 2.05) is 66.3 Å². The minimum atomic E-state index is -0.228. The Bertz CT molecular complexity index is 1140. The summed E-state index contributed by atoms with van der Waals surface area (Å²) in [4.78, 5) is 12.8. The minimum Gasteiger partial charge on any atom is -0.470 e. The van der Waals surface area contributed by atoms with Crippen molar-refractivity contribution in [2.75, 3.05) is 0 Å². The van der Waals surface area contributed by atoms with E-state index in [0.717, 1.165) is 11.3 Å². The van der Waals surface area contributed by atoms with Gasteiger partial charge in [0, 0.05) is 24.3 Å². The predicted octanol–water partition coefficient (Wildman–Crippen LogP) is 4.85. The lowest BCUT2D eigenvalue weighted by molar-refractivity contribution is 0.0918. The zero-order valence-electron chi connectivity index (χ0n) is 16.4. The van der Waals surface area contributed by atoms with Crippen LogP contribution in [0, 0.1) is 0 Å². The number of ether oxygens (including phenoxy) is 1. The lowest BCUT2D eigenvalue weighted by Gasteiger charge is -2.16. The van der Waals surface area contributed by atoms with Gasteiger partial charge in [-0.2, -0.15) is 5.10 Å². The molecule has 0 aliphatic heterocycles. The van der Waals surface area contributed by atoms with Crippen molar-refractivity contribution in [1.29, 1.82) is 0 Å². The Hall–Kier alpha value is -3.51. The molecule has 4 rings (SSSR count). The summed E-state index contributed by atoms with van der Waals surface area (Å²) in [7, 11) is 0. The van der Waals surface area contributed by atoms with E-state index in [2.05, 4.69) is 16.5 Å². The summed E-state index contributed by atoms with van der Waals surface area (Å²) in [5.74, 6) is 0.311. The number of para-hydroxylation sites is 1. The lowest BCUT2D eigenvalue weighted by Crippen LogP contribution is -2.29. The molecule has 0 fully saturated rings. The van der Waals surface area contributed by atoms with Gasteiger partial charge < -0.3 is 14.6 Å². The van der Waals surface area contributed by atoms with Crippen molar-refractivity contribution < 1.29 is 9.53 Å². The molecule has 2 aromatic carbocycles. The number of hydrogen-bond donors (Lipinski definition) is 1. The third-order valence-corrected chi connectivity index (χ3v) is 5.06. The monoisotopic (exact) mass is 420 g/mol. The molecule has 1 unspecified atom stereocenters. The summed E-state index contributed by atoms with van der Waals surface area (Å²) in [5.41, 5.74) is 2.46. The number of benzene rings is 2. The third-order valence-electron chi connectivity index (χ3n) is 4.75. The van der Waals surface area contributed by atoms with Gasteiger partial charge >= 0.3 is 0 Å². The van der Waals surface area contributed by atoms with E-state index in [0.29, 0.717) is 16.5 Å². The van der Waals surface area contributed by atoms with Crippen LogP contribution >= 0.6 is 11.6 Å². The van der Waals surface area contributed by atoms with Crippen molar-refractivity contribution in [2.24, 2.45) is 0 Å². The van der Waals surface area contributed by atoms with Crippen LogP contribution in [-0.2, 0) is 6.73 Å². The Morgan fingerprint density at radius 1 is 1.10 bits per heavy atom. The second-order valence-corrected chi connectivity index (χ2v) is 7.21. The summed E-state index contributed by atoms with van der Waals surface area (Å²) in [6, 6.07) is 20.7. The summed E-state index contributed by atoms with van der Waals surface area (Å²) in [6.45, 7) is 2.03. The second kappa shape index (κ2) is 8.88. The highest BCUT2D eigenvalue weighted by atomic mass is 35.5. The van der Waals surface area contributed by atoms with Gasteiger partial charge in [0.2, 0.25) is 0 Å². The Morgan fingerprint density at radius 2 is 1.90 bits per heavy atom. The van der Waals surface area contributed by atoms with Crippen LogP contribution < -0.4 is 10.1 Å². The van der Waals surface area contributed by atoms with Crippen LogP contribution in [0.4, 0.5) is 0 Å². The molecule has 1 atom stereocenters. The van der Waals surface area contributed by atoms with Crippen molar-refractivity contribution in [3.8, 4) is 11.4 Å². The Labute approximate surface area is 179 Å². The van der Waals surface area contributed by atoms with Gasteiger partial charge in [0.1, 0.15) is 11.4 Å². The molecule has 1 amide bonds. The molecule has 1 N–H and O–H groups in total. The van der Waals surface area contributed by atoms with Crippen molar-refractivity contribution in [3.63, 3.8) is 0 Å². The Kier molecular flexibility index (Phi) is 5.86. The maximum atomic E-state index is 12.8. The van der Waals surface area contributed by atoms with Gasteiger partial charge in [-0.15, -0.1) is 0 Å². The number of amides is 1. The molecule has 30 heavy (non-hydrogen) atoms. The molecule has 4 aromatic rings. The van der Waals surface area contributed by atoms with Crippen LogP contribution in [0.5, 0.6) is 5.75 Å². The van der Waals surface area contributed by atoms with Crippen LogP contribution in [0.15, 0.2) is 85.3 Å². The fourth-order valence-electron chi connectivity index (χ4n) is 3.14. The van der Waals surface area contributed by atoms with E-state index >= 15 is 0 Å². The number of halogens is 1. The Morgan fingerprint density at radius 3 is 2.70 bits per heavy atom. The molecule has 0 aliphatic rings. The summed E-state index contributed by atoms with van der Waals surface area (Å²) >= 11 is 6.12. The standard InChI is InChI=1S/C23H21ClN4O2/c1-17(18-7-6-8-19(15-18)27-13-4-5-14-27)26-23(29)21-11-12-25-28(21)16-30-22-10-3-2-9-20(22)24/h2-15,17H,16H2,1H3,(H,26,29). The topological polar surface area (TPSA) is 61.1 Å². The first-order valence-corrected chi connectivity index (χ1v) is 9.93. The van der Waals surface area contributed by atoms with Gasteiger partial charge in [0.05, 0.1) is 11.1 Å². The highest BCUT2D eigenvalue weighted by Crippen LogP contribution is 2.23. The SMILES string of the molecule is CC(NC(=O)c1ccnn1COc1ccccc1Cl)c1cccc(-n2cccc2)c1. The molecule has 152 valence electrons. The molecular formula is C23H21ClN4O2. The third kappa shape index (κ3) is 4.39. The number of nitrogens with zero attached hydrogens (tertiary/aromatic N) is 3. The first-order valence-electron chi connectivity index (χ1n) is 9.55. The summed E-state index contributed by atoms with van der Waals surface area (Å²) < 4.78 is 9.23. The van der Waals surface area contributed by atoms with E-state index in [9.17, 15) is 4.79 Å². The summed E-state index contributed by atoms with van der Waals surface area (Å²) in [5, 5.41) is 7.73. The molecule has 0 saturated carbocycles. The smallest absolute Gasteiger partial charge is 0.270 e. The van der Waals surface area contributed by atoms with Crippen molar-refractivity contribution >= 4 is 17.5 Å². The van der Waals surface area contributed by atoms with Gasteiger partial charge in [-0.25, -0.2) is 4.68 Å². The average molecular weight is 421 g/mol. The normalized spacial score (nSPS) is 11.8. The van der Waals surface area contributed by atoms with E-state index in [4.69, 9.17) is 16.3 Å². The molecule has 2 aromatic heterocycles. The predicted molar refractivity (Wildman–Crippen MR) is 116 cm³/mol. The first kappa shape index (κ1) is 19.8. The maximum Gasteiger partial charge on any atom is 0.270 e. The van der Waals surface area contributed by atoms with Crippen LogP contribution in [0.3, 0.4) is 0 Å². The highest BCUT2D eigenvalue weighted by molar-refractivity contribution is 6.32. The molecule has 0 radical (unpaired) electrons. The quantitative estimate of drug-likeness (QED) is 0.464. The highest BCUT2D eigenvalue weighted by Gasteiger charge is 2.16. The van der Waals surface area contributed by atoms with Crippen LogP contribution in [-0.4, -0.2) is 20.3 Å². The Balaban J connectivity index is 1.44. The zero-order valence-corrected chi connectivity index (χ0v) is 17.2. The largest absolute Gasteiger partial charge is 0.470 e. The second-order valence-electron chi connectivity index (χ2n) is 6.80. The van der Waals surface area contributed by atoms with E-state index in [1.54, 1.807) is 24.4 Å². The van der Waals surface area contributed by atoms with E-state index < -0.39 is 0 Å². The van der Waals surface area contributed by atoms with E-state index in [-0.39, 0.29) is 18.7 Å². The number of carbonyl (C=O) groups excluding carboxylic acids is 1. The number of hydrogen-bond acceptors (Lipinski definition) is 3. The number of rotatable bonds is 7. The fourth-order valence-corrected chi connectivity index (χ4v) is 3.33. The first-order chi connectivity index (χ1) is 14.6. The van der Waals surface area contributed by atoms with Gasteiger partial charge in [-0.3, -0.25) is 4.79 Å². The van der Waals surface area contributed by atoms with Gasteiger partial charge in [-0.05, 0) is 55.0 Å². The molecule has 0 spiro atoms.